The normalized spacial score (nSPS) is 14.3. The number of imidazole rings is 1. The van der Waals surface area contributed by atoms with Crippen LogP contribution in [0.25, 0.3) is 98.0 Å². The van der Waals surface area contributed by atoms with E-state index < -0.39 is 0 Å². The predicted molar refractivity (Wildman–Crippen MR) is 289 cm³/mol. The molecule has 1 aliphatic carbocycles. The number of hydrogen-bond acceptors (Lipinski definition) is 3. The summed E-state index contributed by atoms with van der Waals surface area (Å²) in [5.41, 5.74) is 22.2. The molecule has 5 heterocycles. The Morgan fingerprint density at radius 3 is 2.07 bits per heavy atom. The van der Waals surface area contributed by atoms with Gasteiger partial charge in [0.05, 0.1) is 22.1 Å². The van der Waals surface area contributed by atoms with Crippen LogP contribution in [0.5, 0.6) is 0 Å². The number of rotatable bonds is 3. The Balaban J connectivity index is 1.11. The molecule has 2 aliphatic heterocycles. The first kappa shape index (κ1) is 38.4. The maximum Gasteiger partial charge on any atom is 0.333 e. The van der Waals surface area contributed by atoms with Crippen molar-refractivity contribution in [3.63, 3.8) is 0 Å². The summed E-state index contributed by atoms with van der Waals surface area (Å²) in [6.07, 6.45) is 0. The van der Waals surface area contributed by atoms with Crippen LogP contribution in [0.2, 0.25) is 0 Å². The summed E-state index contributed by atoms with van der Waals surface area (Å²) >= 11 is 1.89. The number of aromatic nitrogens is 3. The second-order valence-corrected chi connectivity index (χ2v) is 21.8. The summed E-state index contributed by atoms with van der Waals surface area (Å²) in [6, 6.07) is 68.7. The van der Waals surface area contributed by atoms with E-state index in [1.54, 1.807) is 0 Å². The molecule has 9 aromatic carbocycles. The zero-order chi connectivity index (χ0) is 45.4. The van der Waals surface area contributed by atoms with Gasteiger partial charge in [-0.25, -0.2) is 4.98 Å². The maximum atomic E-state index is 5.60. The highest BCUT2D eigenvalue weighted by Crippen LogP contribution is 2.55. The summed E-state index contributed by atoms with van der Waals surface area (Å²) in [6.45, 7) is 11.6. The summed E-state index contributed by atoms with van der Waals surface area (Å²) in [5.74, 6) is 0.933. The quantitative estimate of drug-likeness (QED) is 0.165. The molecule has 0 radical (unpaired) electrons. The molecule has 68 heavy (non-hydrogen) atoms. The van der Waals surface area contributed by atoms with E-state index in [2.05, 4.69) is 231 Å². The van der Waals surface area contributed by atoms with Crippen molar-refractivity contribution >= 4 is 93.5 Å². The number of benzene rings is 9. The van der Waals surface area contributed by atoms with Crippen molar-refractivity contribution in [2.75, 3.05) is 4.81 Å². The molecule has 0 unspecified atom stereocenters. The molecule has 4 nitrogen and oxygen atoms in total. The van der Waals surface area contributed by atoms with Gasteiger partial charge in [0, 0.05) is 70.2 Å². The van der Waals surface area contributed by atoms with Gasteiger partial charge in [0.15, 0.2) is 0 Å². The summed E-state index contributed by atoms with van der Waals surface area (Å²) < 4.78 is 7.62. The lowest BCUT2D eigenvalue weighted by atomic mass is 9.44. The van der Waals surface area contributed by atoms with Gasteiger partial charge in [-0.3, -0.25) is 4.57 Å². The Kier molecular flexibility index (Phi) is 7.50. The molecule has 0 N–H and O–H groups in total. The van der Waals surface area contributed by atoms with Crippen molar-refractivity contribution in [3.8, 4) is 45.0 Å². The van der Waals surface area contributed by atoms with Crippen molar-refractivity contribution in [3.05, 3.63) is 199 Å². The molecule has 6 heteroatoms. The summed E-state index contributed by atoms with van der Waals surface area (Å²) in [7, 11) is 0. The number of fused-ring (bicyclic) bond motifs is 15. The lowest BCUT2D eigenvalue weighted by molar-refractivity contribution is 0.590. The maximum absolute atomic E-state index is 5.60. The molecule has 0 saturated heterocycles. The highest BCUT2D eigenvalue weighted by Gasteiger charge is 2.46. The van der Waals surface area contributed by atoms with Gasteiger partial charge in [0.25, 0.3) is 0 Å². The number of para-hydroxylation sites is 1. The predicted octanol–water partition coefficient (Wildman–Crippen LogP) is 15.0. The standard InChI is InChI=1S/C62H45BN4S/c1-61(2,3)37-24-26-39(27-25-37)67-53-32-44-40-20-12-14-22-48(40)62(4,5)49(44)31-46(53)42-28-29-43-45-30-47-41-21-13-15-23-56(41)68-57(47)35-52(45)66-54-34-55-51(33-50(54)63(67)58(42)59(43)66)64-60(36-16-8-6-9-17-36)65(55)38-18-10-7-11-19-38/h6-35H,1-5H3. The zero-order valence-corrected chi connectivity index (χ0v) is 39.4. The third-order valence-electron chi connectivity index (χ3n) is 15.6. The molecule has 0 saturated carbocycles. The molecular formula is C62H45BN4S. The minimum Gasteiger partial charge on any atom is -0.376 e. The van der Waals surface area contributed by atoms with E-state index in [0.717, 1.165) is 28.1 Å². The van der Waals surface area contributed by atoms with Crippen LogP contribution in [-0.2, 0) is 10.8 Å². The molecule has 0 amide bonds. The van der Waals surface area contributed by atoms with Crippen LogP contribution in [0.3, 0.4) is 0 Å². The van der Waals surface area contributed by atoms with Crippen molar-refractivity contribution in [1.82, 2.24) is 14.1 Å². The second-order valence-electron chi connectivity index (χ2n) is 20.7. The molecule has 0 spiro atoms. The monoisotopic (exact) mass is 888 g/mol. The van der Waals surface area contributed by atoms with Gasteiger partial charge in [-0.1, -0.05) is 150 Å². The van der Waals surface area contributed by atoms with Crippen LogP contribution in [0.4, 0.5) is 11.4 Å². The second kappa shape index (κ2) is 13.3. The molecule has 12 aromatic rings. The van der Waals surface area contributed by atoms with E-state index in [0.29, 0.717) is 0 Å². The number of hydrogen-bond donors (Lipinski definition) is 0. The molecular weight excluding hydrogens is 844 g/mol. The highest BCUT2D eigenvalue weighted by molar-refractivity contribution is 7.25. The van der Waals surface area contributed by atoms with Crippen LogP contribution >= 0.6 is 11.3 Å². The molecule has 3 aromatic heterocycles. The topological polar surface area (TPSA) is 26.0 Å². The van der Waals surface area contributed by atoms with E-state index in [1.165, 1.54) is 109 Å². The van der Waals surface area contributed by atoms with Crippen LogP contribution in [-0.4, -0.2) is 21.0 Å². The van der Waals surface area contributed by atoms with Crippen LogP contribution < -0.4 is 15.7 Å². The van der Waals surface area contributed by atoms with Crippen molar-refractivity contribution in [2.45, 2.75) is 45.4 Å². The van der Waals surface area contributed by atoms with Gasteiger partial charge in [0.1, 0.15) is 5.82 Å². The summed E-state index contributed by atoms with van der Waals surface area (Å²) in [5, 5.41) is 5.21. The Morgan fingerprint density at radius 1 is 0.515 bits per heavy atom. The van der Waals surface area contributed by atoms with Gasteiger partial charge in [0.2, 0.25) is 0 Å². The number of nitrogens with zero attached hydrogens (tertiary/aromatic N) is 4. The van der Waals surface area contributed by atoms with Crippen LogP contribution in [0.15, 0.2) is 182 Å². The molecule has 15 rings (SSSR count). The third kappa shape index (κ3) is 5.03. The van der Waals surface area contributed by atoms with Crippen LogP contribution in [0, 0.1) is 0 Å². The SMILES string of the molecule is CC(C)(C)c1ccc(N2B3c4cc5nc(-c6ccccc6)n(-c6ccccc6)c5cc4-n4c5cc6sc7ccccc7c6cc5c5ccc(c3c54)-c3cc4c(cc32)-c2ccccc2C4(C)C)cc1. The molecule has 3 aliphatic rings. The zero-order valence-electron chi connectivity index (χ0n) is 38.6. The van der Waals surface area contributed by atoms with Gasteiger partial charge >= 0.3 is 6.85 Å². The Labute approximate surface area is 399 Å². The smallest absolute Gasteiger partial charge is 0.333 e. The molecule has 0 bridgehead atoms. The fraction of sp³-hybridized carbons (Fsp3) is 0.113. The lowest BCUT2D eigenvalue weighted by Crippen LogP contribution is -2.60. The largest absolute Gasteiger partial charge is 0.376 e. The van der Waals surface area contributed by atoms with Gasteiger partial charge in [-0.2, -0.15) is 0 Å². The first-order chi connectivity index (χ1) is 33.1. The van der Waals surface area contributed by atoms with Crippen molar-refractivity contribution in [1.29, 1.82) is 0 Å². The van der Waals surface area contributed by atoms with Crippen LogP contribution in [0.1, 0.15) is 51.3 Å². The Morgan fingerprint density at radius 2 is 1.26 bits per heavy atom. The summed E-state index contributed by atoms with van der Waals surface area (Å²) in [4.78, 5) is 8.29. The minimum atomic E-state index is -0.149. The molecule has 0 fully saturated rings. The molecule has 0 atom stereocenters. The Hall–Kier alpha value is -7.67. The fourth-order valence-electron chi connectivity index (χ4n) is 12.4. The van der Waals surface area contributed by atoms with Gasteiger partial charge in [-0.05, 0) is 116 Å². The van der Waals surface area contributed by atoms with E-state index in [9.17, 15) is 0 Å². The van der Waals surface area contributed by atoms with Crippen molar-refractivity contribution < 1.29 is 0 Å². The van der Waals surface area contributed by atoms with E-state index in [4.69, 9.17) is 4.98 Å². The average Bonchev–Trinajstić information content (AvgIpc) is 4.08. The first-order valence-corrected chi connectivity index (χ1v) is 24.7. The Bertz CT molecular complexity index is 4150. The van der Waals surface area contributed by atoms with Crippen molar-refractivity contribution in [2.24, 2.45) is 0 Å². The third-order valence-corrected chi connectivity index (χ3v) is 16.8. The highest BCUT2D eigenvalue weighted by atomic mass is 32.1. The lowest BCUT2D eigenvalue weighted by Gasteiger charge is -2.42. The number of thiophene rings is 1. The van der Waals surface area contributed by atoms with E-state index in [-0.39, 0.29) is 17.7 Å². The first-order valence-electron chi connectivity index (χ1n) is 23.9. The average molecular weight is 889 g/mol. The van der Waals surface area contributed by atoms with Gasteiger partial charge in [-0.15, -0.1) is 11.3 Å². The van der Waals surface area contributed by atoms with E-state index in [1.807, 2.05) is 11.3 Å². The number of anilines is 2. The fourth-order valence-corrected chi connectivity index (χ4v) is 13.5. The molecule has 322 valence electrons. The van der Waals surface area contributed by atoms with Gasteiger partial charge < -0.3 is 9.38 Å². The van der Waals surface area contributed by atoms with E-state index >= 15 is 0 Å². The minimum absolute atomic E-state index is 0.0182.